The maximum atomic E-state index is 13.2. The maximum absolute atomic E-state index is 13.2. The summed E-state index contributed by atoms with van der Waals surface area (Å²) < 4.78 is 6.96. The summed E-state index contributed by atoms with van der Waals surface area (Å²) in [5.41, 5.74) is 2.54. The lowest BCUT2D eigenvalue weighted by molar-refractivity contribution is 0.532. The highest BCUT2D eigenvalue weighted by Crippen LogP contribution is 2.25. The number of nitrogens with zero attached hydrogens (tertiary/aromatic N) is 5. The predicted molar refractivity (Wildman–Crippen MR) is 104 cm³/mol. The molecule has 0 aliphatic carbocycles. The Hall–Kier alpha value is -2.31. The van der Waals surface area contributed by atoms with Gasteiger partial charge in [0, 0.05) is 31.0 Å². The molecule has 0 amide bonds. The lowest BCUT2D eigenvalue weighted by Gasteiger charge is -2.13. The van der Waals surface area contributed by atoms with Crippen LogP contribution in [-0.4, -0.2) is 23.1 Å². The van der Waals surface area contributed by atoms with Gasteiger partial charge in [-0.2, -0.15) is 4.98 Å². The van der Waals surface area contributed by atoms with E-state index >= 15 is 0 Å². The normalized spacial score (nSPS) is 13.2. The molecule has 0 aliphatic rings. The number of aryl methyl sites for hydroxylation is 2. The molecule has 0 aromatic carbocycles. The number of aromatic nitrogens is 5. The van der Waals surface area contributed by atoms with Gasteiger partial charge in [-0.05, 0) is 33.6 Å². The Labute approximate surface area is 152 Å². The molecular weight excluding hydrogens is 330 g/mol. The zero-order chi connectivity index (χ0) is 19.2. The molecule has 1 atom stereocenters. The van der Waals surface area contributed by atoms with Gasteiger partial charge < -0.3 is 4.57 Å². The van der Waals surface area contributed by atoms with E-state index < -0.39 is 0 Å². The fourth-order valence-electron chi connectivity index (χ4n) is 3.70. The lowest BCUT2D eigenvalue weighted by Crippen LogP contribution is -2.39. The minimum absolute atomic E-state index is 0.240. The summed E-state index contributed by atoms with van der Waals surface area (Å²) in [6.45, 7) is 10.9. The molecule has 0 aliphatic heterocycles. The molecule has 0 saturated carbocycles. The van der Waals surface area contributed by atoms with Crippen molar-refractivity contribution >= 4 is 16.9 Å². The molecule has 3 aromatic rings. The van der Waals surface area contributed by atoms with E-state index in [1.54, 1.807) is 7.05 Å². The number of hydrogen-bond donors (Lipinski definition) is 0. The summed E-state index contributed by atoms with van der Waals surface area (Å²) in [6, 6.07) is 0.270. The van der Waals surface area contributed by atoms with Crippen LogP contribution >= 0.6 is 0 Å². The van der Waals surface area contributed by atoms with Crippen LogP contribution in [0.2, 0.25) is 0 Å². The third-order valence-electron chi connectivity index (χ3n) is 5.58. The standard InChI is InChI=1S/C19H29N5O2/c1-7-9-10-11-22-17(25)15-16(21(6)19(22)26)20-18-23(12(3)8-2)13(4)14(5)24(15)18/h12H,7-11H2,1-6H3. The first kappa shape index (κ1) is 18.5. The van der Waals surface area contributed by atoms with E-state index in [1.807, 2.05) is 11.3 Å². The van der Waals surface area contributed by atoms with E-state index in [-0.39, 0.29) is 17.3 Å². The van der Waals surface area contributed by atoms with Crippen LogP contribution in [0.15, 0.2) is 9.59 Å². The lowest BCUT2D eigenvalue weighted by atomic mass is 10.2. The van der Waals surface area contributed by atoms with Crippen molar-refractivity contribution in [1.29, 1.82) is 0 Å². The van der Waals surface area contributed by atoms with Crippen LogP contribution in [0.5, 0.6) is 0 Å². The van der Waals surface area contributed by atoms with Crippen molar-refractivity contribution in [1.82, 2.24) is 23.1 Å². The summed E-state index contributed by atoms with van der Waals surface area (Å²) in [5.74, 6) is 0.739. The minimum atomic E-state index is -0.288. The smallest absolute Gasteiger partial charge is 0.311 e. The van der Waals surface area contributed by atoms with Crippen LogP contribution in [0.3, 0.4) is 0 Å². The fraction of sp³-hybridized carbons (Fsp3) is 0.632. The fourth-order valence-corrected chi connectivity index (χ4v) is 3.70. The number of fused-ring (bicyclic) bond motifs is 3. The van der Waals surface area contributed by atoms with E-state index in [0.29, 0.717) is 17.7 Å². The quantitative estimate of drug-likeness (QED) is 0.636. The molecule has 26 heavy (non-hydrogen) atoms. The van der Waals surface area contributed by atoms with Crippen molar-refractivity contribution in [3.05, 3.63) is 32.2 Å². The third kappa shape index (κ3) is 2.52. The minimum Gasteiger partial charge on any atom is -0.311 e. The van der Waals surface area contributed by atoms with Crippen molar-refractivity contribution < 1.29 is 0 Å². The van der Waals surface area contributed by atoms with Crippen LogP contribution in [0.4, 0.5) is 0 Å². The van der Waals surface area contributed by atoms with E-state index in [9.17, 15) is 9.59 Å². The molecule has 1 unspecified atom stereocenters. The summed E-state index contributed by atoms with van der Waals surface area (Å²) in [7, 11) is 1.70. The molecule has 0 saturated heterocycles. The van der Waals surface area contributed by atoms with Gasteiger partial charge in [0.1, 0.15) is 0 Å². The first-order chi connectivity index (χ1) is 12.3. The molecule has 7 nitrogen and oxygen atoms in total. The number of unbranched alkanes of at least 4 members (excludes halogenated alkanes) is 2. The first-order valence-electron chi connectivity index (χ1n) is 9.54. The Morgan fingerprint density at radius 1 is 1.08 bits per heavy atom. The number of hydrogen-bond acceptors (Lipinski definition) is 3. The third-order valence-corrected chi connectivity index (χ3v) is 5.58. The van der Waals surface area contributed by atoms with Gasteiger partial charge in [-0.3, -0.25) is 18.3 Å². The van der Waals surface area contributed by atoms with Crippen LogP contribution in [-0.2, 0) is 13.6 Å². The van der Waals surface area contributed by atoms with E-state index in [1.165, 1.54) is 9.13 Å². The Balaban J connectivity index is 2.40. The second kappa shape index (κ2) is 6.78. The molecule has 3 rings (SSSR count). The van der Waals surface area contributed by atoms with E-state index in [4.69, 9.17) is 4.98 Å². The number of imidazole rings is 2. The Morgan fingerprint density at radius 3 is 2.38 bits per heavy atom. The van der Waals surface area contributed by atoms with Crippen molar-refractivity contribution in [2.75, 3.05) is 0 Å². The van der Waals surface area contributed by atoms with Gasteiger partial charge in [0.25, 0.3) is 5.56 Å². The molecule has 3 aromatic heterocycles. The molecule has 3 heterocycles. The average Bonchev–Trinajstić information content (AvgIpc) is 3.12. The maximum Gasteiger partial charge on any atom is 0.332 e. The summed E-state index contributed by atoms with van der Waals surface area (Å²) in [4.78, 5) is 30.6. The van der Waals surface area contributed by atoms with Gasteiger partial charge in [0.2, 0.25) is 5.78 Å². The molecule has 7 heteroatoms. The molecule has 0 radical (unpaired) electrons. The molecule has 0 N–H and O–H groups in total. The topological polar surface area (TPSA) is 66.2 Å². The van der Waals surface area contributed by atoms with Crippen molar-refractivity contribution in [3.63, 3.8) is 0 Å². The number of rotatable bonds is 6. The highest BCUT2D eigenvalue weighted by Gasteiger charge is 2.23. The molecule has 0 spiro atoms. The van der Waals surface area contributed by atoms with Crippen LogP contribution < -0.4 is 11.2 Å². The monoisotopic (exact) mass is 359 g/mol. The van der Waals surface area contributed by atoms with Gasteiger partial charge in [-0.1, -0.05) is 26.7 Å². The summed E-state index contributed by atoms with van der Waals surface area (Å²) in [6.07, 6.45) is 3.83. The second-order valence-corrected chi connectivity index (χ2v) is 7.22. The van der Waals surface area contributed by atoms with Gasteiger partial charge in [-0.15, -0.1) is 0 Å². The van der Waals surface area contributed by atoms with Gasteiger partial charge >= 0.3 is 5.69 Å². The van der Waals surface area contributed by atoms with E-state index in [2.05, 4.69) is 32.3 Å². The highest BCUT2D eigenvalue weighted by molar-refractivity contribution is 5.76. The predicted octanol–water partition coefficient (Wildman–Crippen LogP) is 2.93. The van der Waals surface area contributed by atoms with Gasteiger partial charge in [0.15, 0.2) is 11.2 Å². The largest absolute Gasteiger partial charge is 0.332 e. The molecular formula is C19H29N5O2. The Kier molecular flexibility index (Phi) is 4.82. The summed E-state index contributed by atoms with van der Waals surface area (Å²) in [5, 5.41) is 0. The molecule has 142 valence electrons. The highest BCUT2D eigenvalue weighted by atomic mass is 16.2. The van der Waals surface area contributed by atoms with Crippen molar-refractivity contribution in [2.45, 2.75) is 72.9 Å². The summed E-state index contributed by atoms with van der Waals surface area (Å²) >= 11 is 0. The SMILES string of the molecule is CCCCCn1c(=O)c2c(nc3n(C(C)CC)c(C)c(C)n23)n(C)c1=O. The van der Waals surface area contributed by atoms with E-state index in [0.717, 1.165) is 42.8 Å². The second-order valence-electron chi connectivity index (χ2n) is 7.22. The Morgan fingerprint density at radius 2 is 1.77 bits per heavy atom. The zero-order valence-electron chi connectivity index (χ0n) is 16.7. The molecule has 0 fully saturated rings. The first-order valence-corrected chi connectivity index (χ1v) is 9.54. The average molecular weight is 359 g/mol. The van der Waals surface area contributed by atoms with Crippen LogP contribution in [0.1, 0.15) is 63.9 Å². The van der Waals surface area contributed by atoms with Gasteiger partial charge in [-0.25, -0.2) is 4.79 Å². The van der Waals surface area contributed by atoms with Gasteiger partial charge in [0.05, 0.1) is 0 Å². The van der Waals surface area contributed by atoms with Crippen molar-refractivity contribution in [3.8, 4) is 0 Å². The van der Waals surface area contributed by atoms with Crippen LogP contribution in [0.25, 0.3) is 16.9 Å². The van der Waals surface area contributed by atoms with Crippen LogP contribution in [0, 0.1) is 13.8 Å². The zero-order valence-corrected chi connectivity index (χ0v) is 16.7. The van der Waals surface area contributed by atoms with Crippen molar-refractivity contribution in [2.24, 2.45) is 7.05 Å². The molecule has 0 bridgehead atoms. The Bertz CT molecular complexity index is 1080.